The zero-order chi connectivity index (χ0) is 19.4. The molecule has 8 nitrogen and oxygen atoms in total. The van der Waals surface area contributed by atoms with Crippen LogP contribution in [0.1, 0.15) is 28.9 Å². The van der Waals surface area contributed by atoms with Gasteiger partial charge in [-0.2, -0.15) is 0 Å². The van der Waals surface area contributed by atoms with Crippen molar-refractivity contribution in [3.05, 3.63) is 38.8 Å². The number of carbonyl (C=O) groups is 1. The third-order valence-electron chi connectivity index (χ3n) is 3.83. The molecular formula is C15H15Cl2N3O5S2. The summed E-state index contributed by atoms with van der Waals surface area (Å²) in [5.41, 5.74) is 0.367. The molecule has 1 atom stereocenters. The quantitative estimate of drug-likeness (QED) is 0.644. The van der Waals surface area contributed by atoms with Crippen molar-refractivity contribution >= 4 is 50.7 Å². The largest absolute Gasteiger partial charge is 0.455 e. The fraction of sp³-hybridized carbons (Fsp3) is 0.400. The van der Waals surface area contributed by atoms with E-state index < -0.39 is 16.0 Å². The molecule has 1 aromatic carbocycles. The summed E-state index contributed by atoms with van der Waals surface area (Å²) >= 11 is 12.8. The number of nitrogens with zero attached hydrogens (tertiary/aromatic N) is 2. The number of ether oxygens (including phenoxy) is 2. The van der Waals surface area contributed by atoms with Crippen molar-refractivity contribution in [1.29, 1.82) is 0 Å². The number of aromatic nitrogens is 2. The highest BCUT2D eigenvalue weighted by Crippen LogP contribution is 2.24. The molecule has 0 bridgehead atoms. The van der Waals surface area contributed by atoms with E-state index in [1.807, 2.05) is 0 Å². The molecule has 0 radical (unpaired) electrons. The standard InChI is InChI=1S/C15H15Cl2N3O5S2/c16-11-4-3-9(15(21)25-8-12-14(17)26-20-19-12)6-13(11)27(22,23)18-7-10-2-1-5-24-10/h3-4,6,10,18H,1-2,5,7-8H2. The van der Waals surface area contributed by atoms with Crippen LogP contribution in [-0.4, -0.2) is 43.2 Å². The normalized spacial score (nSPS) is 17.2. The SMILES string of the molecule is O=C(OCc1nnsc1Cl)c1ccc(Cl)c(S(=O)(=O)NCC2CCCO2)c1. The van der Waals surface area contributed by atoms with Gasteiger partial charge in [0.15, 0.2) is 0 Å². The van der Waals surface area contributed by atoms with Crippen molar-refractivity contribution in [2.24, 2.45) is 0 Å². The molecule has 1 N–H and O–H groups in total. The van der Waals surface area contributed by atoms with Gasteiger partial charge < -0.3 is 9.47 Å². The number of carbonyl (C=O) groups excluding carboxylic acids is 1. The van der Waals surface area contributed by atoms with Gasteiger partial charge in [0.1, 0.15) is 21.5 Å². The predicted octanol–water partition coefficient (Wildman–Crippen LogP) is 2.66. The van der Waals surface area contributed by atoms with Gasteiger partial charge in [0.05, 0.1) is 16.7 Å². The Morgan fingerprint density at radius 3 is 2.89 bits per heavy atom. The van der Waals surface area contributed by atoms with Gasteiger partial charge >= 0.3 is 5.97 Å². The Morgan fingerprint density at radius 2 is 2.22 bits per heavy atom. The van der Waals surface area contributed by atoms with Crippen molar-refractivity contribution in [1.82, 2.24) is 14.3 Å². The van der Waals surface area contributed by atoms with Crippen molar-refractivity contribution in [3.8, 4) is 0 Å². The van der Waals surface area contributed by atoms with Crippen LogP contribution in [0.25, 0.3) is 0 Å². The van der Waals surface area contributed by atoms with Crippen molar-refractivity contribution in [2.45, 2.75) is 30.4 Å². The number of hydrogen-bond acceptors (Lipinski definition) is 8. The Balaban J connectivity index is 1.70. The number of halogens is 2. The molecule has 0 saturated carbocycles. The summed E-state index contributed by atoms with van der Waals surface area (Å²) in [5.74, 6) is -0.730. The highest BCUT2D eigenvalue weighted by atomic mass is 35.5. The van der Waals surface area contributed by atoms with Gasteiger partial charge in [0.2, 0.25) is 10.0 Å². The molecular weight excluding hydrogens is 437 g/mol. The third kappa shape index (κ3) is 5.15. The van der Waals surface area contributed by atoms with Crippen LogP contribution in [0.3, 0.4) is 0 Å². The maximum atomic E-state index is 12.5. The summed E-state index contributed by atoms with van der Waals surface area (Å²) in [6.07, 6.45) is 1.52. The number of rotatable bonds is 7. The number of benzene rings is 1. The highest BCUT2D eigenvalue weighted by Gasteiger charge is 2.24. The van der Waals surface area contributed by atoms with Crippen molar-refractivity contribution in [2.75, 3.05) is 13.2 Å². The topological polar surface area (TPSA) is 107 Å². The van der Waals surface area contributed by atoms with Gasteiger partial charge in [-0.05, 0) is 31.0 Å². The lowest BCUT2D eigenvalue weighted by Crippen LogP contribution is -2.32. The molecule has 27 heavy (non-hydrogen) atoms. The van der Waals surface area contributed by atoms with Gasteiger partial charge in [-0.25, -0.2) is 17.9 Å². The summed E-state index contributed by atoms with van der Waals surface area (Å²) in [6, 6.07) is 3.88. The van der Waals surface area contributed by atoms with E-state index in [9.17, 15) is 13.2 Å². The number of sulfonamides is 1. The maximum absolute atomic E-state index is 12.5. The summed E-state index contributed by atoms with van der Waals surface area (Å²) < 4.78 is 42.0. The molecule has 1 aliphatic rings. The average molecular weight is 452 g/mol. The van der Waals surface area contributed by atoms with E-state index in [0.717, 1.165) is 24.4 Å². The molecule has 2 aromatic rings. The van der Waals surface area contributed by atoms with Crippen LogP contribution in [0.5, 0.6) is 0 Å². The smallest absolute Gasteiger partial charge is 0.338 e. The van der Waals surface area contributed by atoms with Crippen LogP contribution in [0.15, 0.2) is 23.1 Å². The minimum absolute atomic E-state index is 0.00173. The van der Waals surface area contributed by atoms with Gasteiger partial charge in [-0.15, -0.1) is 5.10 Å². The fourth-order valence-corrected chi connectivity index (χ4v) is 4.61. The lowest BCUT2D eigenvalue weighted by Gasteiger charge is -2.13. The average Bonchev–Trinajstić information content (AvgIpc) is 3.30. The molecule has 1 aliphatic heterocycles. The van der Waals surface area contributed by atoms with Gasteiger partial charge in [0.25, 0.3) is 0 Å². The molecule has 1 fully saturated rings. The second-order valence-corrected chi connectivity index (χ2v) is 9.20. The van der Waals surface area contributed by atoms with E-state index in [2.05, 4.69) is 14.3 Å². The first-order chi connectivity index (χ1) is 12.9. The van der Waals surface area contributed by atoms with E-state index >= 15 is 0 Å². The van der Waals surface area contributed by atoms with Crippen LogP contribution < -0.4 is 4.72 Å². The molecule has 3 rings (SSSR count). The van der Waals surface area contributed by atoms with Crippen LogP contribution in [0, 0.1) is 0 Å². The molecule has 2 heterocycles. The summed E-state index contributed by atoms with van der Waals surface area (Å²) in [5, 5.41) is 3.73. The first kappa shape index (κ1) is 20.4. The minimum Gasteiger partial charge on any atom is -0.455 e. The Labute approximate surface area is 170 Å². The molecule has 12 heteroatoms. The number of hydrogen-bond donors (Lipinski definition) is 1. The van der Waals surface area contributed by atoms with Gasteiger partial charge in [0, 0.05) is 24.7 Å². The van der Waals surface area contributed by atoms with Crippen LogP contribution in [-0.2, 0) is 26.1 Å². The second-order valence-electron chi connectivity index (χ2n) is 5.70. The summed E-state index contributed by atoms with van der Waals surface area (Å²) in [6.45, 7) is 0.589. The van der Waals surface area contributed by atoms with E-state index in [4.69, 9.17) is 32.7 Å². The zero-order valence-corrected chi connectivity index (χ0v) is 17.0. The van der Waals surface area contributed by atoms with Crippen LogP contribution in [0.4, 0.5) is 0 Å². The first-order valence-electron chi connectivity index (χ1n) is 7.91. The fourth-order valence-electron chi connectivity index (χ4n) is 2.42. The molecule has 1 saturated heterocycles. The molecule has 146 valence electrons. The Kier molecular flexibility index (Phi) is 6.66. The Morgan fingerprint density at radius 1 is 1.41 bits per heavy atom. The van der Waals surface area contributed by atoms with E-state index in [1.54, 1.807) is 0 Å². The Hall–Kier alpha value is -1.30. The minimum atomic E-state index is -3.91. The summed E-state index contributed by atoms with van der Waals surface area (Å²) in [7, 11) is -3.91. The van der Waals surface area contributed by atoms with Crippen molar-refractivity contribution < 1.29 is 22.7 Å². The van der Waals surface area contributed by atoms with Crippen LogP contribution >= 0.6 is 34.7 Å². The number of nitrogens with one attached hydrogen (secondary N) is 1. The zero-order valence-electron chi connectivity index (χ0n) is 13.9. The molecule has 0 spiro atoms. The first-order valence-corrected chi connectivity index (χ1v) is 10.9. The van der Waals surface area contributed by atoms with E-state index in [0.29, 0.717) is 16.6 Å². The highest BCUT2D eigenvalue weighted by molar-refractivity contribution is 7.89. The van der Waals surface area contributed by atoms with E-state index in [1.165, 1.54) is 18.2 Å². The predicted molar refractivity (Wildman–Crippen MR) is 99.7 cm³/mol. The van der Waals surface area contributed by atoms with Crippen LogP contribution in [0.2, 0.25) is 9.36 Å². The van der Waals surface area contributed by atoms with E-state index in [-0.39, 0.29) is 34.7 Å². The monoisotopic (exact) mass is 451 g/mol. The number of esters is 1. The molecule has 0 aliphatic carbocycles. The lowest BCUT2D eigenvalue weighted by atomic mass is 10.2. The van der Waals surface area contributed by atoms with Crippen molar-refractivity contribution in [3.63, 3.8) is 0 Å². The molecule has 1 unspecified atom stereocenters. The molecule has 1 aromatic heterocycles. The lowest BCUT2D eigenvalue weighted by molar-refractivity contribution is 0.0467. The summed E-state index contributed by atoms with van der Waals surface area (Å²) in [4.78, 5) is 12.0. The maximum Gasteiger partial charge on any atom is 0.338 e. The molecule has 0 amide bonds. The third-order valence-corrected chi connectivity index (χ3v) is 6.72. The van der Waals surface area contributed by atoms with Gasteiger partial charge in [-0.1, -0.05) is 27.7 Å². The second kappa shape index (κ2) is 8.80. The Bertz CT molecular complexity index is 929. The van der Waals surface area contributed by atoms with Gasteiger partial charge in [-0.3, -0.25) is 0 Å².